The summed E-state index contributed by atoms with van der Waals surface area (Å²) in [5, 5.41) is 0. The molecule has 0 bridgehead atoms. The van der Waals surface area contributed by atoms with E-state index in [1.54, 1.807) is 4.31 Å². The van der Waals surface area contributed by atoms with Gasteiger partial charge in [0.15, 0.2) is 0 Å². The number of ether oxygens (including phenoxy) is 1. The quantitative estimate of drug-likeness (QED) is 0.606. The van der Waals surface area contributed by atoms with E-state index in [1.807, 2.05) is 19.1 Å². The van der Waals surface area contributed by atoms with Crippen LogP contribution in [0.15, 0.2) is 48.5 Å². The van der Waals surface area contributed by atoms with Gasteiger partial charge >= 0.3 is 0 Å². The van der Waals surface area contributed by atoms with Gasteiger partial charge in [-0.2, -0.15) is 4.31 Å². The third kappa shape index (κ3) is 5.48. The average Bonchev–Trinajstić information content (AvgIpc) is 3.59. The van der Waals surface area contributed by atoms with Crippen LogP contribution in [0.25, 0.3) is 0 Å². The SMILES string of the molecule is CCCS(=O)(=O)N(CCOc1ccc2c(c1)C(Cc1ccccc1)C(N)CC2)C1CC1. The van der Waals surface area contributed by atoms with Crippen molar-refractivity contribution >= 4 is 10.0 Å². The molecule has 0 aliphatic heterocycles. The van der Waals surface area contributed by atoms with Gasteiger partial charge in [0.05, 0.1) is 5.75 Å². The second kappa shape index (κ2) is 9.72. The van der Waals surface area contributed by atoms with Crippen LogP contribution in [0.2, 0.25) is 0 Å². The zero-order valence-electron chi connectivity index (χ0n) is 18.4. The normalized spacial score (nSPS) is 21.1. The number of sulfonamides is 1. The zero-order chi connectivity index (χ0) is 21.8. The van der Waals surface area contributed by atoms with Crippen molar-refractivity contribution in [3.63, 3.8) is 0 Å². The molecule has 0 heterocycles. The molecule has 2 aromatic carbocycles. The molecule has 2 aliphatic carbocycles. The Balaban J connectivity index is 1.44. The zero-order valence-corrected chi connectivity index (χ0v) is 19.2. The number of fused-ring (bicyclic) bond motifs is 1. The fourth-order valence-electron chi connectivity index (χ4n) is 4.66. The molecule has 0 amide bonds. The maximum atomic E-state index is 12.6. The lowest BCUT2D eigenvalue weighted by Crippen LogP contribution is -2.38. The number of rotatable bonds is 10. The van der Waals surface area contributed by atoms with Crippen molar-refractivity contribution in [1.29, 1.82) is 0 Å². The third-order valence-corrected chi connectivity index (χ3v) is 8.55. The summed E-state index contributed by atoms with van der Waals surface area (Å²) in [5.41, 5.74) is 10.5. The lowest BCUT2D eigenvalue weighted by molar-refractivity contribution is 0.268. The predicted molar refractivity (Wildman–Crippen MR) is 125 cm³/mol. The maximum Gasteiger partial charge on any atom is 0.214 e. The average molecular weight is 443 g/mol. The van der Waals surface area contributed by atoms with Gasteiger partial charge in [-0.15, -0.1) is 0 Å². The lowest BCUT2D eigenvalue weighted by atomic mass is 9.76. The number of benzene rings is 2. The van der Waals surface area contributed by atoms with Crippen molar-refractivity contribution in [2.75, 3.05) is 18.9 Å². The van der Waals surface area contributed by atoms with Crippen molar-refractivity contribution in [2.24, 2.45) is 5.73 Å². The number of nitrogens with zero attached hydrogens (tertiary/aromatic N) is 1. The van der Waals surface area contributed by atoms with Gasteiger partial charge < -0.3 is 10.5 Å². The summed E-state index contributed by atoms with van der Waals surface area (Å²) in [6, 6.07) is 17.1. The molecule has 4 rings (SSSR count). The Morgan fingerprint density at radius 1 is 1.10 bits per heavy atom. The molecule has 6 heteroatoms. The Bertz CT molecular complexity index is 974. The molecule has 2 atom stereocenters. The highest BCUT2D eigenvalue weighted by atomic mass is 32.2. The monoisotopic (exact) mass is 442 g/mol. The number of aryl methyl sites for hydroxylation is 1. The van der Waals surface area contributed by atoms with Crippen LogP contribution in [0.3, 0.4) is 0 Å². The minimum absolute atomic E-state index is 0.132. The Morgan fingerprint density at radius 3 is 2.58 bits per heavy atom. The van der Waals surface area contributed by atoms with Crippen LogP contribution < -0.4 is 10.5 Å². The molecule has 0 aromatic heterocycles. The van der Waals surface area contributed by atoms with Gasteiger partial charge in [0.25, 0.3) is 0 Å². The number of hydrogen-bond acceptors (Lipinski definition) is 4. The topological polar surface area (TPSA) is 72.6 Å². The molecule has 31 heavy (non-hydrogen) atoms. The van der Waals surface area contributed by atoms with Crippen molar-refractivity contribution in [1.82, 2.24) is 4.31 Å². The van der Waals surface area contributed by atoms with Gasteiger partial charge in [0.1, 0.15) is 12.4 Å². The molecule has 0 saturated heterocycles. The van der Waals surface area contributed by atoms with E-state index in [9.17, 15) is 8.42 Å². The Hall–Kier alpha value is -1.89. The Labute approximate surface area is 186 Å². The van der Waals surface area contributed by atoms with Crippen LogP contribution in [-0.4, -0.2) is 43.7 Å². The molecule has 2 N–H and O–H groups in total. The molecule has 0 radical (unpaired) electrons. The van der Waals surface area contributed by atoms with Gasteiger partial charge in [-0.25, -0.2) is 8.42 Å². The van der Waals surface area contributed by atoms with Crippen LogP contribution >= 0.6 is 0 Å². The van der Waals surface area contributed by atoms with E-state index in [-0.39, 0.29) is 23.8 Å². The number of nitrogens with two attached hydrogens (primary N) is 1. The highest BCUT2D eigenvalue weighted by molar-refractivity contribution is 7.89. The van der Waals surface area contributed by atoms with E-state index in [2.05, 4.69) is 36.4 Å². The van der Waals surface area contributed by atoms with Crippen LogP contribution in [0.4, 0.5) is 0 Å². The van der Waals surface area contributed by atoms with E-state index in [1.165, 1.54) is 16.7 Å². The first-order valence-corrected chi connectivity index (χ1v) is 13.1. The summed E-state index contributed by atoms with van der Waals surface area (Å²) in [7, 11) is -3.19. The van der Waals surface area contributed by atoms with E-state index in [0.717, 1.165) is 37.9 Å². The summed E-state index contributed by atoms with van der Waals surface area (Å²) in [5.74, 6) is 1.28. The number of hydrogen-bond donors (Lipinski definition) is 1. The van der Waals surface area contributed by atoms with Crippen LogP contribution in [0, 0.1) is 0 Å². The Morgan fingerprint density at radius 2 is 1.87 bits per heavy atom. The minimum atomic E-state index is -3.19. The summed E-state index contributed by atoms with van der Waals surface area (Å²) >= 11 is 0. The molecule has 168 valence electrons. The fourth-order valence-corrected chi connectivity index (χ4v) is 6.43. The molecule has 2 aliphatic rings. The first-order valence-electron chi connectivity index (χ1n) is 11.5. The smallest absolute Gasteiger partial charge is 0.214 e. The fraction of sp³-hybridized carbons (Fsp3) is 0.520. The first kappa shape index (κ1) is 22.3. The summed E-state index contributed by atoms with van der Waals surface area (Å²) < 4.78 is 32.8. The summed E-state index contributed by atoms with van der Waals surface area (Å²) in [6.07, 6.45) is 5.47. The van der Waals surface area contributed by atoms with Crippen molar-refractivity contribution in [2.45, 2.75) is 63.5 Å². The van der Waals surface area contributed by atoms with Gasteiger partial charge in [-0.3, -0.25) is 0 Å². The Kier molecular flexibility index (Phi) is 6.99. The van der Waals surface area contributed by atoms with Crippen LogP contribution in [0.5, 0.6) is 5.75 Å². The maximum absolute atomic E-state index is 12.6. The first-order chi connectivity index (χ1) is 15.0. The second-order valence-electron chi connectivity index (χ2n) is 8.87. The predicted octanol–water partition coefficient (Wildman–Crippen LogP) is 3.87. The van der Waals surface area contributed by atoms with E-state index < -0.39 is 10.0 Å². The van der Waals surface area contributed by atoms with Crippen molar-refractivity contribution in [3.05, 3.63) is 65.2 Å². The molecular weight excluding hydrogens is 408 g/mol. The van der Waals surface area contributed by atoms with Crippen molar-refractivity contribution in [3.8, 4) is 5.75 Å². The molecule has 0 spiro atoms. The molecular formula is C25H34N2O3S. The van der Waals surface area contributed by atoms with E-state index >= 15 is 0 Å². The minimum Gasteiger partial charge on any atom is -0.492 e. The molecule has 1 fully saturated rings. The van der Waals surface area contributed by atoms with Crippen molar-refractivity contribution < 1.29 is 13.2 Å². The van der Waals surface area contributed by atoms with Crippen LogP contribution in [-0.2, 0) is 22.9 Å². The van der Waals surface area contributed by atoms with Gasteiger partial charge in [0, 0.05) is 24.5 Å². The van der Waals surface area contributed by atoms with Gasteiger partial charge in [-0.1, -0.05) is 43.3 Å². The molecule has 2 unspecified atom stereocenters. The highest BCUT2D eigenvalue weighted by Gasteiger charge is 2.36. The highest BCUT2D eigenvalue weighted by Crippen LogP contribution is 2.36. The van der Waals surface area contributed by atoms with Crippen LogP contribution in [0.1, 0.15) is 55.2 Å². The lowest BCUT2D eigenvalue weighted by Gasteiger charge is -2.32. The van der Waals surface area contributed by atoms with Gasteiger partial charge in [0.2, 0.25) is 10.0 Å². The van der Waals surface area contributed by atoms with E-state index in [0.29, 0.717) is 19.6 Å². The van der Waals surface area contributed by atoms with Gasteiger partial charge in [-0.05, 0) is 67.3 Å². The summed E-state index contributed by atoms with van der Waals surface area (Å²) in [6.45, 7) is 2.69. The standard InChI is InChI=1S/C25H34N2O3S/c1-2-16-31(28,29)27(21-10-11-21)14-15-30-22-12-8-20-9-13-25(26)24(23(20)18-22)17-19-6-4-3-5-7-19/h3-8,12,18,21,24-25H,2,9-11,13-17,26H2,1H3. The summed E-state index contributed by atoms with van der Waals surface area (Å²) in [4.78, 5) is 0. The third-order valence-electron chi connectivity index (χ3n) is 6.43. The second-order valence-corrected chi connectivity index (χ2v) is 10.9. The molecule has 1 saturated carbocycles. The molecule has 2 aromatic rings. The molecule has 5 nitrogen and oxygen atoms in total. The van der Waals surface area contributed by atoms with E-state index in [4.69, 9.17) is 10.5 Å². The largest absolute Gasteiger partial charge is 0.492 e.